The molecule has 0 spiro atoms. The van der Waals surface area contributed by atoms with Gasteiger partial charge >= 0.3 is 0 Å². The molecule has 5 nitrogen and oxygen atoms in total. The molecule has 0 saturated heterocycles. The number of nitrogens with zero attached hydrogens (tertiary/aromatic N) is 3. The molecule has 0 amide bonds. The van der Waals surface area contributed by atoms with Crippen LogP contribution in [0.4, 0.5) is 0 Å². The van der Waals surface area contributed by atoms with Crippen molar-refractivity contribution in [3.05, 3.63) is 42.4 Å². The third kappa shape index (κ3) is 2.46. The van der Waals surface area contributed by atoms with Crippen molar-refractivity contribution in [2.24, 2.45) is 5.73 Å². The van der Waals surface area contributed by atoms with Gasteiger partial charge in [-0.15, -0.1) is 0 Å². The lowest BCUT2D eigenvalue weighted by molar-refractivity contribution is 0.420. The first-order valence-corrected chi connectivity index (χ1v) is 6.16. The van der Waals surface area contributed by atoms with Gasteiger partial charge in [0.25, 0.3) is 5.89 Å². The lowest BCUT2D eigenvalue weighted by atomic mass is 10.1. The molecule has 19 heavy (non-hydrogen) atoms. The molecule has 2 N–H and O–H groups in total. The Bertz CT molecular complexity index is 705. The van der Waals surface area contributed by atoms with Crippen LogP contribution >= 0.6 is 0 Å². The largest absolute Gasteiger partial charge is 0.334 e. The highest BCUT2D eigenvalue weighted by atomic mass is 16.5. The summed E-state index contributed by atoms with van der Waals surface area (Å²) in [6.07, 6.45) is 2.38. The zero-order chi connectivity index (χ0) is 13.2. The van der Waals surface area contributed by atoms with Crippen molar-refractivity contribution >= 4 is 10.9 Å². The van der Waals surface area contributed by atoms with E-state index in [4.69, 9.17) is 10.3 Å². The minimum Gasteiger partial charge on any atom is -0.334 e. The van der Waals surface area contributed by atoms with Crippen LogP contribution in [0.5, 0.6) is 0 Å². The number of nitrogens with two attached hydrogens (primary N) is 1. The van der Waals surface area contributed by atoms with Crippen LogP contribution in [0.3, 0.4) is 0 Å². The number of rotatable bonds is 3. The third-order valence-corrected chi connectivity index (χ3v) is 2.82. The molecule has 1 atom stereocenters. The Morgan fingerprint density at radius 1 is 1.32 bits per heavy atom. The summed E-state index contributed by atoms with van der Waals surface area (Å²) in [6.45, 7) is 1.91. The molecule has 3 rings (SSSR count). The molecule has 0 bridgehead atoms. The number of aromatic nitrogens is 3. The summed E-state index contributed by atoms with van der Waals surface area (Å²) in [5.74, 6) is 1.15. The zero-order valence-electron chi connectivity index (χ0n) is 10.6. The van der Waals surface area contributed by atoms with E-state index in [1.54, 1.807) is 6.20 Å². The summed E-state index contributed by atoms with van der Waals surface area (Å²) in [5, 5.41) is 4.98. The second-order valence-electron chi connectivity index (χ2n) is 4.61. The number of hydrogen-bond donors (Lipinski definition) is 1. The van der Waals surface area contributed by atoms with Crippen LogP contribution in [0.25, 0.3) is 22.4 Å². The summed E-state index contributed by atoms with van der Waals surface area (Å²) < 4.78 is 5.26. The lowest BCUT2D eigenvalue weighted by Crippen LogP contribution is -2.18. The van der Waals surface area contributed by atoms with Crippen molar-refractivity contribution in [3.63, 3.8) is 0 Å². The highest BCUT2D eigenvalue weighted by Gasteiger charge is 2.10. The Hall–Kier alpha value is -2.27. The smallest absolute Gasteiger partial charge is 0.257 e. The van der Waals surface area contributed by atoms with Crippen molar-refractivity contribution in [1.82, 2.24) is 15.1 Å². The summed E-state index contributed by atoms with van der Waals surface area (Å²) in [7, 11) is 0. The Balaban J connectivity index is 1.97. The molecule has 0 saturated carbocycles. The van der Waals surface area contributed by atoms with E-state index < -0.39 is 0 Å². The maximum Gasteiger partial charge on any atom is 0.257 e. The molecule has 2 heterocycles. The van der Waals surface area contributed by atoms with Crippen LogP contribution in [0, 0.1) is 0 Å². The molecule has 0 aliphatic rings. The van der Waals surface area contributed by atoms with Gasteiger partial charge in [-0.05, 0) is 31.2 Å². The first-order valence-electron chi connectivity index (χ1n) is 6.16. The second kappa shape index (κ2) is 4.78. The Morgan fingerprint density at radius 3 is 3.05 bits per heavy atom. The van der Waals surface area contributed by atoms with Crippen LogP contribution < -0.4 is 5.73 Å². The molecule has 2 aromatic heterocycles. The Kier molecular flexibility index (Phi) is 2.97. The fraction of sp³-hybridized carbons (Fsp3) is 0.214. The predicted octanol–water partition coefficient (Wildman–Crippen LogP) is 2.17. The zero-order valence-corrected chi connectivity index (χ0v) is 10.6. The van der Waals surface area contributed by atoms with E-state index in [9.17, 15) is 0 Å². The number of hydrogen-bond acceptors (Lipinski definition) is 5. The molecule has 0 fully saturated rings. The standard InChI is InChI=1S/C14H14N4O/c1-9(15)7-13-17-14(19-18-13)11-4-5-12-10(8-11)3-2-6-16-12/h2-6,8-9H,7,15H2,1H3. The molecule has 1 aromatic carbocycles. The second-order valence-corrected chi connectivity index (χ2v) is 4.61. The van der Waals surface area contributed by atoms with E-state index in [-0.39, 0.29) is 6.04 Å². The van der Waals surface area contributed by atoms with Gasteiger partial charge in [-0.2, -0.15) is 4.98 Å². The first kappa shape index (κ1) is 11.8. The van der Waals surface area contributed by atoms with Crippen molar-refractivity contribution in [3.8, 4) is 11.5 Å². The summed E-state index contributed by atoms with van der Waals surface area (Å²) in [4.78, 5) is 8.63. The molecular weight excluding hydrogens is 240 g/mol. The molecule has 0 aliphatic carbocycles. The average molecular weight is 254 g/mol. The van der Waals surface area contributed by atoms with E-state index in [0.717, 1.165) is 16.5 Å². The van der Waals surface area contributed by atoms with Crippen LogP contribution in [-0.2, 0) is 6.42 Å². The van der Waals surface area contributed by atoms with Crippen LogP contribution in [0.15, 0.2) is 41.1 Å². The van der Waals surface area contributed by atoms with Crippen molar-refractivity contribution in [2.45, 2.75) is 19.4 Å². The molecule has 5 heteroatoms. The first-order chi connectivity index (χ1) is 9.22. The quantitative estimate of drug-likeness (QED) is 0.775. The maximum atomic E-state index is 5.72. The fourth-order valence-corrected chi connectivity index (χ4v) is 1.95. The fourth-order valence-electron chi connectivity index (χ4n) is 1.95. The molecular formula is C14H14N4O. The molecule has 96 valence electrons. The molecule has 0 radical (unpaired) electrons. The third-order valence-electron chi connectivity index (χ3n) is 2.82. The SMILES string of the molecule is CC(N)Cc1noc(-c2ccc3ncccc3c2)n1. The lowest BCUT2D eigenvalue weighted by Gasteiger charge is -1.98. The van der Waals surface area contributed by atoms with Crippen molar-refractivity contribution < 1.29 is 4.52 Å². The minimum absolute atomic E-state index is 0.0197. The topological polar surface area (TPSA) is 77.8 Å². The number of pyridine rings is 1. The van der Waals surface area contributed by atoms with E-state index in [1.165, 1.54) is 0 Å². The summed E-state index contributed by atoms with van der Waals surface area (Å²) >= 11 is 0. The van der Waals surface area contributed by atoms with Gasteiger partial charge < -0.3 is 10.3 Å². The van der Waals surface area contributed by atoms with Gasteiger partial charge in [0.05, 0.1) is 5.52 Å². The van der Waals surface area contributed by atoms with Gasteiger partial charge in [-0.3, -0.25) is 4.98 Å². The van der Waals surface area contributed by atoms with E-state index in [0.29, 0.717) is 18.1 Å². The van der Waals surface area contributed by atoms with E-state index >= 15 is 0 Å². The normalized spacial score (nSPS) is 12.7. The van der Waals surface area contributed by atoms with Gasteiger partial charge in [-0.1, -0.05) is 11.2 Å². The van der Waals surface area contributed by atoms with Gasteiger partial charge in [-0.25, -0.2) is 0 Å². The molecule has 0 aliphatic heterocycles. The predicted molar refractivity (Wildman–Crippen MR) is 72.4 cm³/mol. The highest BCUT2D eigenvalue weighted by molar-refractivity contribution is 5.82. The summed E-state index contributed by atoms with van der Waals surface area (Å²) in [6, 6.07) is 9.79. The van der Waals surface area contributed by atoms with Crippen molar-refractivity contribution in [2.75, 3.05) is 0 Å². The van der Waals surface area contributed by atoms with Crippen LogP contribution in [0.1, 0.15) is 12.7 Å². The van der Waals surface area contributed by atoms with Crippen molar-refractivity contribution in [1.29, 1.82) is 0 Å². The number of fused-ring (bicyclic) bond motifs is 1. The van der Waals surface area contributed by atoms with E-state index in [1.807, 2.05) is 37.3 Å². The van der Waals surface area contributed by atoms with Gasteiger partial charge in [0.15, 0.2) is 5.82 Å². The minimum atomic E-state index is 0.0197. The van der Waals surface area contributed by atoms with Crippen LogP contribution in [0.2, 0.25) is 0 Å². The Labute approximate surface area is 110 Å². The summed E-state index contributed by atoms with van der Waals surface area (Å²) in [5.41, 5.74) is 7.56. The van der Waals surface area contributed by atoms with Gasteiger partial charge in [0.1, 0.15) is 0 Å². The molecule has 3 aromatic rings. The van der Waals surface area contributed by atoms with Gasteiger partial charge in [0.2, 0.25) is 0 Å². The van der Waals surface area contributed by atoms with Gasteiger partial charge in [0, 0.05) is 29.6 Å². The monoisotopic (exact) mass is 254 g/mol. The maximum absolute atomic E-state index is 5.72. The highest BCUT2D eigenvalue weighted by Crippen LogP contribution is 2.22. The molecule has 1 unspecified atom stereocenters. The Morgan fingerprint density at radius 2 is 2.21 bits per heavy atom. The van der Waals surface area contributed by atoms with Crippen LogP contribution in [-0.4, -0.2) is 21.2 Å². The number of benzene rings is 1. The average Bonchev–Trinajstić information content (AvgIpc) is 2.86. The van der Waals surface area contributed by atoms with E-state index in [2.05, 4.69) is 15.1 Å².